The van der Waals surface area contributed by atoms with E-state index in [9.17, 15) is 9.59 Å². The molecule has 0 saturated carbocycles. The van der Waals surface area contributed by atoms with Crippen LogP contribution in [0.4, 0.5) is 5.69 Å². The molecule has 0 atom stereocenters. The van der Waals surface area contributed by atoms with E-state index in [1.165, 1.54) is 36.2 Å². The number of anilines is 1. The molecule has 120 valence electrons. The molecule has 2 rings (SSSR count). The summed E-state index contributed by atoms with van der Waals surface area (Å²) in [6.45, 7) is 0. The van der Waals surface area contributed by atoms with Crippen molar-refractivity contribution in [1.82, 2.24) is 0 Å². The minimum absolute atomic E-state index is 0.00711. The van der Waals surface area contributed by atoms with Crippen LogP contribution in [0.25, 0.3) is 0 Å². The molecule has 2 aromatic carbocycles. The standard InChI is InChI=1S/C15H8Cl5NO2/c1-21(15(23)9-4-7(16)2-3-11(9)18)12-6-8(17)5-10(13(12)19)14(20)22/h2-6H,1H3. The van der Waals surface area contributed by atoms with Crippen LogP contribution in [-0.4, -0.2) is 18.2 Å². The number of hydrogen-bond acceptors (Lipinski definition) is 2. The smallest absolute Gasteiger partial charge is 0.259 e. The first-order valence-electron chi connectivity index (χ1n) is 6.14. The molecule has 0 saturated heterocycles. The SMILES string of the molecule is CN(C(=O)c1cc(Cl)ccc1Cl)c1cc(Cl)cc(C(=O)Cl)c1Cl. The van der Waals surface area contributed by atoms with Gasteiger partial charge in [0.25, 0.3) is 11.1 Å². The van der Waals surface area contributed by atoms with Crippen LogP contribution in [0.15, 0.2) is 30.3 Å². The maximum Gasteiger partial charge on any atom is 0.259 e. The Morgan fingerprint density at radius 2 is 1.52 bits per heavy atom. The van der Waals surface area contributed by atoms with Crippen molar-refractivity contribution in [3.05, 3.63) is 61.5 Å². The number of halogens is 5. The van der Waals surface area contributed by atoms with Gasteiger partial charge in [-0.25, -0.2) is 0 Å². The average Bonchev–Trinajstić information content (AvgIpc) is 2.50. The quantitative estimate of drug-likeness (QED) is 0.585. The molecule has 0 heterocycles. The Bertz CT molecular complexity index is 807. The predicted molar refractivity (Wildman–Crippen MR) is 95.8 cm³/mol. The van der Waals surface area contributed by atoms with Crippen molar-refractivity contribution in [3.8, 4) is 0 Å². The number of carbonyl (C=O) groups is 2. The van der Waals surface area contributed by atoms with Crippen molar-refractivity contribution in [3.63, 3.8) is 0 Å². The highest BCUT2D eigenvalue weighted by Gasteiger charge is 2.22. The summed E-state index contributed by atoms with van der Waals surface area (Å²) in [6, 6.07) is 7.29. The molecule has 0 aliphatic carbocycles. The Labute approximate surface area is 157 Å². The number of rotatable bonds is 3. The number of carbonyl (C=O) groups excluding carboxylic acids is 2. The van der Waals surface area contributed by atoms with Gasteiger partial charge in [-0.2, -0.15) is 0 Å². The van der Waals surface area contributed by atoms with Gasteiger partial charge in [0.1, 0.15) is 0 Å². The zero-order valence-electron chi connectivity index (χ0n) is 11.5. The van der Waals surface area contributed by atoms with Gasteiger partial charge in [0.15, 0.2) is 0 Å². The maximum absolute atomic E-state index is 12.6. The van der Waals surface area contributed by atoms with E-state index in [0.717, 1.165) is 0 Å². The Kier molecular flexibility index (Phi) is 5.82. The molecule has 0 fully saturated rings. The highest BCUT2D eigenvalue weighted by molar-refractivity contribution is 6.69. The summed E-state index contributed by atoms with van der Waals surface area (Å²) in [6.07, 6.45) is 0. The van der Waals surface area contributed by atoms with E-state index in [-0.39, 0.29) is 31.9 Å². The van der Waals surface area contributed by atoms with E-state index in [1.54, 1.807) is 6.07 Å². The first-order chi connectivity index (χ1) is 10.7. The summed E-state index contributed by atoms with van der Waals surface area (Å²) in [5.41, 5.74) is 0.424. The van der Waals surface area contributed by atoms with Crippen LogP contribution < -0.4 is 4.90 Å². The van der Waals surface area contributed by atoms with Gasteiger partial charge in [-0.05, 0) is 41.9 Å². The van der Waals surface area contributed by atoms with E-state index >= 15 is 0 Å². The number of amides is 1. The Morgan fingerprint density at radius 3 is 2.13 bits per heavy atom. The summed E-state index contributed by atoms with van der Waals surface area (Å²) in [4.78, 5) is 25.3. The zero-order chi connectivity index (χ0) is 17.3. The summed E-state index contributed by atoms with van der Waals surface area (Å²) < 4.78 is 0. The molecule has 0 aliphatic heterocycles. The number of nitrogens with zero attached hydrogens (tertiary/aromatic N) is 1. The lowest BCUT2D eigenvalue weighted by atomic mass is 10.1. The fourth-order valence-electron chi connectivity index (χ4n) is 1.91. The van der Waals surface area contributed by atoms with Gasteiger partial charge in [-0.3, -0.25) is 9.59 Å². The third kappa shape index (κ3) is 3.93. The highest BCUT2D eigenvalue weighted by atomic mass is 35.5. The van der Waals surface area contributed by atoms with Gasteiger partial charge in [0, 0.05) is 17.1 Å². The lowest BCUT2D eigenvalue weighted by molar-refractivity contribution is 0.0992. The summed E-state index contributed by atoms with van der Waals surface area (Å²) >= 11 is 29.5. The van der Waals surface area contributed by atoms with Crippen molar-refractivity contribution < 1.29 is 9.59 Å². The number of benzene rings is 2. The fourth-order valence-corrected chi connectivity index (χ4v) is 3.02. The van der Waals surface area contributed by atoms with Gasteiger partial charge < -0.3 is 4.90 Å². The molecule has 0 aromatic heterocycles. The van der Waals surface area contributed by atoms with Gasteiger partial charge >= 0.3 is 0 Å². The summed E-state index contributed by atoms with van der Waals surface area (Å²) in [7, 11) is 1.47. The molecule has 0 unspecified atom stereocenters. The Balaban J connectivity index is 2.52. The van der Waals surface area contributed by atoms with Crippen molar-refractivity contribution >= 4 is 74.8 Å². The van der Waals surface area contributed by atoms with E-state index in [2.05, 4.69) is 0 Å². The second-order valence-corrected chi connectivity index (χ2v) is 6.55. The third-order valence-corrected chi connectivity index (χ3v) is 4.44. The topological polar surface area (TPSA) is 37.4 Å². The minimum atomic E-state index is -0.777. The maximum atomic E-state index is 12.6. The van der Waals surface area contributed by atoms with Crippen LogP contribution in [0.2, 0.25) is 20.1 Å². The molecular formula is C15H8Cl5NO2. The number of hydrogen-bond donors (Lipinski definition) is 0. The average molecular weight is 411 g/mol. The predicted octanol–water partition coefficient (Wildman–Crippen LogP) is 5.96. The summed E-state index contributed by atoms with van der Waals surface area (Å²) in [5.74, 6) is -0.463. The lowest BCUT2D eigenvalue weighted by Crippen LogP contribution is -2.27. The molecule has 3 nitrogen and oxygen atoms in total. The second kappa shape index (κ2) is 7.29. The Hall–Kier alpha value is -0.970. The van der Waals surface area contributed by atoms with Gasteiger partial charge in [-0.1, -0.05) is 46.4 Å². The Morgan fingerprint density at radius 1 is 0.913 bits per heavy atom. The largest absolute Gasteiger partial charge is 0.310 e. The van der Waals surface area contributed by atoms with Crippen molar-refractivity contribution in [2.24, 2.45) is 0 Å². The zero-order valence-corrected chi connectivity index (χ0v) is 15.3. The minimum Gasteiger partial charge on any atom is -0.310 e. The molecule has 0 radical (unpaired) electrons. The van der Waals surface area contributed by atoms with E-state index in [4.69, 9.17) is 58.0 Å². The van der Waals surface area contributed by atoms with Crippen LogP contribution >= 0.6 is 58.0 Å². The van der Waals surface area contributed by atoms with Crippen molar-refractivity contribution in [2.45, 2.75) is 0 Å². The van der Waals surface area contributed by atoms with Crippen molar-refractivity contribution in [1.29, 1.82) is 0 Å². The molecule has 2 aromatic rings. The van der Waals surface area contributed by atoms with E-state index < -0.39 is 11.1 Å². The monoisotopic (exact) mass is 409 g/mol. The van der Waals surface area contributed by atoms with Crippen LogP contribution in [0.1, 0.15) is 20.7 Å². The molecule has 0 bridgehead atoms. The summed E-state index contributed by atoms with van der Waals surface area (Å²) in [5, 5.41) is 0.0482. The van der Waals surface area contributed by atoms with Crippen LogP contribution in [0.5, 0.6) is 0 Å². The van der Waals surface area contributed by atoms with Gasteiger partial charge in [0.2, 0.25) is 0 Å². The highest BCUT2D eigenvalue weighted by Crippen LogP contribution is 2.34. The van der Waals surface area contributed by atoms with E-state index in [1.807, 2.05) is 0 Å². The molecule has 0 aliphatic rings. The van der Waals surface area contributed by atoms with Crippen LogP contribution in [-0.2, 0) is 0 Å². The van der Waals surface area contributed by atoms with Gasteiger partial charge in [0.05, 0.1) is 26.9 Å². The molecule has 0 N–H and O–H groups in total. The normalized spacial score (nSPS) is 10.5. The van der Waals surface area contributed by atoms with Gasteiger partial charge in [-0.15, -0.1) is 0 Å². The second-order valence-electron chi connectivity index (χ2n) is 4.55. The molecule has 8 heteroatoms. The van der Waals surface area contributed by atoms with Crippen LogP contribution in [0.3, 0.4) is 0 Å². The van der Waals surface area contributed by atoms with Crippen LogP contribution in [0, 0.1) is 0 Å². The third-order valence-electron chi connectivity index (χ3n) is 3.05. The fraction of sp³-hybridized carbons (Fsp3) is 0.0667. The van der Waals surface area contributed by atoms with Crippen molar-refractivity contribution in [2.75, 3.05) is 11.9 Å². The van der Waals surface area contributed by atoms with E-state index in [0.29, 0.717) is 5.02 Å². The molecule has 1 amide bonds. The molecule has 0 spiro atoms. The molecule has 23 heavy (non-hydrogen) atoms. The first-order valence-corrected chi connectivity index (χ1v) is 8.03. The lowest BCUT2D eigenvalue weighted by Gasteiger charge is -2.20. The molecular weight excluding hydrogens is 403 g/mol. The first kappa shape index (κ1) is 18.4.